The monoisotopic (exact) mass is 247 g/mol. The van der Waals surface area contributed by atoms with E-state index >= 15 is 0 Å². The molecule has 1 unspecified atom stereocenters. The molecule has 3 nitrogen and oxygen atoms in total. The quantitative estimate of drug-likeness (QED) is 0.887. The van der Waals surface area contributed by atoms with E-state index in [1.807, 2.05) is 19.1 Å². The van der Waals surface area contributed by atoms with Crippen LogP contribution in [0.5, 0.6) is 11.5 Å². The van der Waals surface area contributed by atoms with Gasteiger partial charge in [0.15, 0.2) is 0 Å². The van der Waals surface area contributed by atoms with Crippen molar-refractivity contribution >= 4 is 0 Å². The number of nitrogens with one attached hydrogen (secondary N) is 1. The molecule has 1 aromatic rings. The minimum atomic E-state index is 0.426. The Morgan fingerprint density at radius 3 is 3.00 bits per heavy atom. The molecule has 1 aromatic carbocycles. The molecule has 3 rings (SSSR count). The highest BCUT2D eigenvalue weighted by Crippen LogP contribution is 2.36. The molecule has 1 atom stereocenters. The van der Waals surface area contributed by atoms with Crippen molar-refractivity contribution in [2.24, 2.45) is 0 Å². The van der Waals surface area contributed by atoms with Gasteiger partial charge in [0.05, 0.1) is 13.2 Å². The third kappa shape index (κ3) is 2.61. The fourth-order valence-corrected chi connectivity index (χ4v) is 2.52. The molecule has 0 spiro atoms. The van der Waals surface area contributed by atoms with Crippen molar-refractivity contribution in [1.29, 1.82) is 0 Å². The molecule has 0 saturated heterocycles. The lowest BCUT2D eigenvalue weighted by Gasteiger charge is -2.19. The van der Waals surface area contributed by atoms with Gasteiger partial charge in [0, 0.05) is 17.6 Å². The number of benzene rings is 1. The van der Waals surface area contributed by atoms with Crippen molar-refractivity contribution in [3.8, 4) is 11.5 Å². The van der Waals surface area contributed by atoms with E-state index in [9.17, 15) is 0 Å². The third-order valence-electron chi connectivity index (χ3n) is 3.58. The molecule has 0 aromatic heterocycles. The van der Waals surface area contributed by atoms with Crippen LogP contribution in [0.15, 0.2) is 18.2 Å². The number of rotatable bonds is 4. The van der Waals surface area contributed by atoms with Crippen LogP contribution in [0.4, 0.5) is 0 Å². The zero-order chi connectivity index (χ0) is 12.4. The van der Waals surface area contributed by atoms with Gasteiger partial charge in [-0.25, -0.2) is 0 Å². The Bertz CT molecular complexity index is 415. The molecule has 1 fully saturated rings. The SMILES string of the molecule is CCOc1ccc2c(c1)C(NC1CC1)CCCO2. The van der Waals surface area contributed by atoms with E-state index in [-0.39, 0.29) is 0 Å². The Balaban J connectivity index is 1.86. The van der Waals surface area contributed by atoms with Gasteiger partial charge < -0.3 is 14.8 Å². The predicted octanol–water partition coefficient (Wildman–Crippen LogP) is 3.05. The maximum absolute atomic E-state index is 5.82. The van der Waals surface area contributed by atoms with Crippen LogP contribution in [0.3, 0.4) is 0 Å². The van der Waals surface area contributed by atoms with Gasteiger partial charge in [0.2, 0.25) is 0 Å². The summed E-state index contributed by atoms with van der Waals surface area (Å²) in [5.74, 6) is 1.97. The summed E-state index contributed by atoms with van der Waals surface area (Å²) in [6, 6.07) is 7.34. The van der Waals surface area contributed by atoms with E-state index in [0.717, 1.165) is 37.0 Å². The molecule has 18 heavy (non-hydrogen) atoms. The van der Waals surface area contributed by atoms with Crippen LogP contribution in [-0.2, 0) is 0 Å². The molecule has 0 bridgehead atoms. The van der Waals surface area contributed by atoms with E-state index in [1.54, 1.807) is 0 Å². The number of fused-ring (bicyclic) bond motifs is 1. The first kappa shape index (κ1) is 11.8. The van der Waals surface area contributed by atoms with E-state index in [1.165, 1.54) is 18.4 Å². The molecule has 1 aliphatic heterocycles. The molecule has 0 amide bonds. The van der Waals surface area contributed by atoms with Crippen LogP contribution in [0, 0.1) is 0 Å². The number of hydrogen-bond donors (Lipinski definition) is 1. The third-order valence-corrected chi connectivity index (χ3v) is 3.58. The van der Waals surface area contributed by atoms with Crippen molar-refractivity contribution in [3.05, 3.63) is 23.8 Å². The van der Waals surface area contributed by atoms with Crippen molar-refractivity contribution in [1.82, 2.24) is 5.32 Å². The smallest absolute Gasteiger partial charge is 0.124 e. The second-order valence-electron chi connectivity index (χ2n) is 5.12. The Kier molecular flexibility index (Phi) is 3.41. The first-order valence-electron chi connectivity index (χ1n) is 7.02. The predicted molar refractivity (Wildman–Crippen MR) is 71.2 cm³/mol. The molecule has 1 N–H and O–H groups in total. The van der Waals surface area contributed by atoms with Crippen LogP contribution in [0.1, 0.15) is 44.2 Å². The molecule has 1 saturated carbocycles. The van der Waals surface area contributed by atoms with Crippen LogP contribution in [0.2, 0.25) is 0 Å². The van der Waals surface area contributed by atoms with Gasteiger partial charge >= 0.3 is 0 Å². The summed E-state index contributed by atoms with van der Waals surface area (Å²) in [6.45, 7) is 3.55. The lowest BCUT2D eigenvalue weighted by Crippen LogP contribution is -2.23. The molecular weight excluding hydrogens is 226 g/mol. The normalized spacial score (nSPS) is 22.8. The van der Waals surface area contributed by atoms with Crippen molar-refractivity contribution in [3.63, 3.8) is 0 Å². The van der Waals surface area contributed by atoms with Crippen LogP contribution >= 0.6 is 0 Å². The Morgan fingerprint density at radius 1 is 1.33 bits per heavy atom. The molecule has 3 heteroatoms. The maximum Gasteiger partial charge on any atom is 0.124 e. The highest BCUT2D eigenvalue weighted by molar-refractivity contribution is 5.43. The minimum Gasteiger partial charge on any atom is -0.494 e. The second-order valence-corrected chi connectivity index (χ2v) is 5.12. The van der Waals surface area contributed by atoms with Crippen molar-refractivity contribution < 1.29 is 9.47 Å². The van der Waals surface area contributed by atoms with Crippen LogP contribution < -0.4 is 14.8 Å². The summed E-state index contributed by atoms with van der Waals surface area (Å²) in [6.07, 6.45) is 4.90. The highest BCUT2D eigenvalue weighted by Gasteiger charge is 2.28. The Labute approximate surface area is 108 Å². The van der Waals surface area contributed by atoms with Crippen LogP contribution in [0.25, 0.3) is 0 Å². The number of hydrogen-bond acceptors (Lipinski definition) is 3. The molecule has 0 radical (unpaired) electrons. The zero-order valence-corrected chi connectivity index (χ0v) is 10.9. The zero-order valence-electron chi connectivity index (χ0n) is 10.9. The number of ether oxygens (including phenoxy) is 2. The van der Waals surface area contributed by atoms with Gasteiger partial charge in [-0.3, -0.25) is 0 Å². The summed E-state index contributed by atoms with van der Waals surface area (Å²) >= 11 is 0. The molecule has 2 aliphatic rings. The summed E-state index contributed by atoms with van der Waals surface area (Å²) in [7, 11) is 0. The van der Waals surface area contributed by atoms with Gasteiger partial charge in [-0.05, 0) is 50.8 Å². The summed E-state index contributed by atoms with van der Waals surface area (Å²) in [4.78, 5) is 0. The standard InChI is InChI=1S/C15H21NO2/c1-2-17-12-7-8-15-13(10-12)14(4-3-9-18-15)16-11-5-6-11/h7-8,10-11,14,16H,2-6,9H2,1H3. The van der Waals surface area contributed by atoms with E-state index in [2.05, 4.69) is 11.4 Å². The maximum atomic E-state index is 5.82. The molecular formula is C15H21NO2. The van der Waals surface area contributed by atoms with Crippen LogP contribution in [-0.4, -0.2) is 19.3 Å². The molecule has 1 aliphatic carbocycles. The van der Waals surface area contributed by atoms with Gasteiger partial charge in [-0.15, -0.1) is 0 Å². The fraction of sp³-hybridized carbons (Fsp3) is 0.600. The van der Waals surface area contributed by atoms with Crippen molar-refractivity contribution in [2.75, 3.05) is 13.2 Å². The lowest BCUT2D eigenvalue weighted by molar-refractivity contribution is 0.313. The van der Waals surface area contributed by atoms with Gasteiger partial charge in [0.25, 0.3) is 0 Å². The molecule has 1 heterocycles. The molecule has 98 valence electrons. The average Bonchev–Trinajstić information content (AvgIpc) is 3.19. The minimum absolute atomic E-state index is 0.426. The summed E-state index contributed by atoms with van der Waals surface area (Å²) < 4.78 is 11.4. The second kappa shape index (κ2) is 5.19. The van der Waals surface area contributed by atoms with Crippen molar-refractivity contribution in [2.45, 2.75) is 44.7 Å². The fourth-order valence-electron chi connectivity index (χ4n) is 2.52. The van der Waals surface area contributed by atoms with E-state index in [0.29, 0.717) is 12.6 Å². The lowest BCUT2D eigenvalue weighted by atomic mass is 10.0. The summed E-state index contributed by atoms with van der Waals surface area (Å²) in [5, 5.41) is 3.72. The highest BCUT2D eigenvalue weighted by atomic mass is 16.5. The Hall–Kier alpha value is -1.22. The van der Waals surface area contributed by atoms with E-state index in [4.69, 9.17) is 9.47 Å². The first-order chi connectivity index (χ1) is 8.86. The Morgan fingerprint density at radius 2 is 2.22 bits per heavy atom. The average molecular weight is 247 g/mol. The largest absolute Gasteiger partial charge is 0.494 e. The van der Waals surface area contributed by atoms with Gasteiger partial charge in [0.1, 0.15) is 11.5 Å². The summed E-state index contributed by atoms with van der Waals surface area (Å²) in [5.41, 5.74) is 1.27. The topological polar surface area (TPSA) is 30.5 Å². The van der Waals surface area contributed by atoms with Gasteiger partial charge in [-0.1, -0.05) is 0 Å². The van der Waals surface area contributed by atoms with Gasteiger partial charge in [-0.2, -0.15) is 0 Å². The van der Waals surface area contributed by atoms with E-state index < -0.39 is 0 Å². The first-order valence-corrected chi connectivity index (χ1v) is 7.02.